The van der Waals surface area contributed by atoms with Crippen molar-refractivity contribution in [3.8, 4) is 0 Å². The molecule has 0 amide bonds. The van der Waals surface area contributed by atoms with E-state index < -0.39 is 10.0 Å². The summed E-state index contributed by atoms with van der Waals surface area (Å²) >= 11 is 0. The van der Waals surface area contributed by atoms with E-state index in [4.69, 9.17) is 0 Å². The van der Waals surface area contributed by atoms with Crippen LogP contribution in [0.1, 0.15) is 38.2 Å². The summed E-state index contributed by atoms with van der Waals surface area (Å²) in [4.78, 5) is 4.66. The summed E-state index contributed by atoms with van der Waals surface area (Å²) in [5.74, 6) is 1.99. The number of fused-ring (bicyclic) bond motifs is 3. The van der Waals surface area contributed by atoms with Crippen LogP contribution in [0.2, 0.25) is 0 Å². The van der Waals surface area contributed by atoms with E-state index in [-0.39, 0.29) is 10.9 Å². The maximum Gasteiger partial charge on any atom is 0.242 e. The fourth-order valence-electron chi connectivity index (χ4n) is 4.76. The molecule has 1 aromatic carbocycles. The Morgan fingerprint density at radius 3 is 2.79 bits per heavy atom. The highest BCUT2D eigenvalue weighted by molar-refractivity contribution is 7.89. The predicted molar refractivity (Wildman–Crippen MR) is 95.2 cm³/mol. The number of aryl methyl sites for hydroxylation is 1. The second kappa shape index (κ2) is 5.81. The molecule has 5 heteroatoms. The lowest BCUT2D eigenvalue weighted by molar-refractivity contribution is 0.280. The van der Waals surface area contributed by atoms with Crippen molar-refractivity contribution in [2.45, 2.75) is 50.5 Å². The molecule has 24 heavy (non-hydrogen) atoms. The van der Waals surface area contributed by atoms with E-state index in [0.717, 1.165) is 16.9 Å². The maximum atomic E-state index is 13.0. The molecule has 2 bridgehead atoms. The Balaban J connectivity index is 1.63. The molecule has 1 heterocycles. The molecule has 0 saturated heterocycles. The van der Waals surface area contributed by atoms with Crippen LogP contribution in [0.4, 0.5) is 0 Å². The van der Waals surface area contributed by atoms with Gasteiger partial charge in [-0.25, -0.2) is 13.1 Å². The minimum atomic E-state index is -3.57. The molecule has 0 spiro atoms. The van der Waals surface area contributed by atoms with Crippen molar-refractivity contribution in [3.63, 3.8) is 0 Å². The van der Waals surface area contributed by atoms with E-state index in [1.54, 1.807) is 18.3 Å². The third-order valence-electron chi connectivity index (χ3n) is 5.88. The monoisotopic (exact) mass is 344 g/mol. The largest absolute Gasteiger partial charge is 0.255 e. The van der Waals surface area contributed by atoms with Gasteiger partial charge in [0.15, 0.2) is 0 Å². The molecule has 1 aromatic heterocycles. The van der Waals surface area contributed by atoms with Crippen LogP contribution in [-0.2, 0) is 10.0 Å². The van der Waals surface area contributed by atoms with Gasteiger partial charge in [0.25, 0.3) is 0 Å². The van der Waals surface area contributed by atoms with E-state index in [0.29, 0.717) is 17.4 Å². The number of pyridine rings is 1. The smallest absolute Gasteiger partial charge is 0.242 e. The minimum Gasteiger partial charge on any atom is -0.255 e. The Kier molecular flexibility index (Phi) is 3.88. The SMILES string of the molecule is Cc1cnc2c(S(=O)(=O)NC(C)C3CC4CCC3C4)cccc2c1. The van der Waals surface area contributed by atoms with E-state index in [1.165, 1.54) is 25.7 Å². The molecule has 4 rings (SSSR count). The first-order chi connectivity index (χ1) is 11.4. The van der Waals surface area contributed by atoms with Gasteiger partial charge in [-0.2, -0.15) is 0 Å². The zero-order chi connectivity index (χ0) is 16.9. The molecule has 2 aromatic rings. The van der Waals surface area contributed by atoms with Crippen LogP contribution in [0.15, 0.2) is 35.4 Å². The molecular weight excluding hydrogens is 320 g/mol. The number of benzene rings is 1. The quantitative estimate of drug-likeness (QED) is 0.921. The van der Waals surface area contributed by atoms with E-state index in [1.807, 2.05) is 26.0 Å². The topological polar surface area (TPSA) is 59.1 Å². The van der Waals surface area contributed by atoms with Gasteiger partial charge in [0.1, 0.15) is 4.90 Å². The fraction of sp³-hybridized carbons (Fsp3) is 0.526. The van der Waals surface area contributed by atoms with Gasteiger partial charge in [-0.05, 0) is 68.6 Å². The van der Waals surface area contributed by atoms with Crippen LogP contribution in [0.25, 0.3) is 10.9 Å². The molecule has 128 valence electrons. The van der Waals surface area contributed by atoms with Crippen LogP contribution < -0.4 is 4.72 Å². The van der Waals surface area contributed by atoms with Crippen LogP contribution >= 0.6 is 0 Å². The van der Waals surface area contributed by atoms with Crippen LogP contribution in [0.5, 0.6) is 0 Å². The lowest BCUT2D eigenvalue weighted by Gasteiger charge is -2.28. The van der Waals surface area contributed by atoms with Gasteiger partial charge in [-0.3, -0.25) is 4.98 Å². The number of nitrogens with zero attached hydrogens (tertiary/aromatic N) is 1. The van der Waals surface area contributed by atoms with Crippen LogP contribution in [0, 0.1) is 24.7 Å². The van der Waals surface area contributed by atoms with Gasteiger partial charge in [0, 0.05) is 17.6 Å². The third kappa shape index (κ3) is 2.74. The highest BCUT2D eigenvalue weighted by Crippen LogP contribution is 2.49. The molecule has 2 saturated carbocycles. The molecule has 4 nitrogen and oxygen atoms in total. The number of aromatic nitrogens is 1. The molecule has 4 unspecified atom stereocenters. The van der Waals surface area contributed by atoms with E-state index >= 15 is 0 Å². The average Bonchev–Trinajstić information content (AvgIpc) is 3.16. The van der Waals surface area contributed by atoms with Crippen LogP contribution in [-0.4, -0.2) is 19.4 Å². The van der Waals surface area contributed by atoms with Gasteiger partial charge in [-0.1, -0.05) is 18.6 Å². The Bertz CT molecular complexity index is 878. The molecule has 2 fully saturated rings. The second-order valence-corrected chi connectivity index (χ2v) is 9.27. The molecule has 0 radical (unpaired) electrons. The Morgan fingerprint density at radius 2 is 2.08 bits per heavy atom. The Hall–Kier alpha value is -1.46. The molecule has 2 aliphatic rings. The standard InChI is InChI=1S/C19H24N2O2S/c1-12-8-16-4-3-5-18(19(16)20-11-12)24(22,23)21-13(2)17-10-14-6-7-15(17)9-14/h3-5,8,11,13-15,17,21H,6-7,9-10H2,1-2H3. The summed E-state index contributed by atoms with van der Waals surface area (Å²) < 4.78 is 28.8. The fourth-order valence-corrected chi connectivity index (χ4v) is 6.24. The number of para-hydroxylation sites is 1. The summed E-state index contributed by atoms with van der Waals surface area (Å²) in [6, 6.07) is 7.31. The molecule has 2 aliphatic carbocycles. The zero-order valence-electron chi connectivity index (χ0n) is 14.2. The number of hydrogen-bond acceptors (Lipinski definition) is 3. The average molecular weight is 344 g/mol. The lowest BCUT2D eigenvalue weighted by Crippen LogP contribution is -2.40. The van der Waals surface area contributed by atoms with Gasteiger partial charge in [0.05, 0.1) is 5.52 Å². The van der Waals surface area contributed by atoms with Gasteiger partial charge in [-0.15, -0.1) is 0 Å². The summed E-state index contributed by atoms with van der Waals surface area (Å²) in [5.41, 5.74) is 1.58. The van der Waals surface area contributed by atoms with Crippen molar-refractivity contribution >= 4 is 20.9 Å². The second-order valence-electron chi connectivity index (χ2n) is 7.59. The van der Waals surface area contributed by atoms with Crippen molar-refractivity contribution in [2.24, 2.45) is 17.8 Å². The maximum absolute atomic E-state index is 13.0. The highest BCUT2D eigenvalue weighted by atomic mass is 32.2. The van der Waals surface area contributed by atoms with Gasteiger partial charge >= 0.3 is 0 Å². The van der Waals surface area contributed by atoms with Crippen molar-refractivity contribution in [1.82, 2.24) is 9.71 Å². The number of sulfonamides is 1. The summed E-state index contributed by atoms with van der Waals surface area (Å²) in [7, 11) is -3.57. The number of hydrogen-bond donors (Lipinski definition) is 1. The molecule has 1 N–H and O–H groups in total. The Morgan fingerprint density at radius 1 is 1.25 bits per heavy atom. The zero-order valence-corrected chi connectivity index (χ0v) is 15.0. The Labute approximate surface area is 143 Å². The minimum absolute atomic E-state index is 0.0222. The summed E-state index contributed by atoms with van der Waals surface area (Å²) in [5, 5.41) is 0.866. The van der Waals surface area contributed by atoms with Crippen molar-refractivity contribution < 1.29 is 8.42 Å². The third-order valence-corrected chi connectivity index (χ3v) is 7.47. The first-order valence-electron chi connectivity index (χ1n) is 8.82. The molecule has 4 atom stereocenters. The first kappa shape index (κ1) is 16.0. The number of nitrogens with one attached hydrogen (secondary N) is 1. The summed E-state index contributed by atoms with van der Waals surface area (Å²) in [6.45, 7) is 3.98. The van der Waals surface area contributed by atoms with Crippen molar-refractivity contribution in [1.29, 1.82) is 0 Å². The first-order valence-corrected chi connectivity index (χ1v) is 10.3. The molecule has 0 aliphatic heterocycles. The summed E-state index contributed by atoms with van der Waals surface area (Å²) in [6.07, 6.45) is 6.76. The van der Waals surface area contributed by atoms with Gasteiger partial charge < -0.3 is 0 Å². The van der Waals surface area contributed by atoms with Crippen LogP contribution in [0.3, 0.4) is 0 Å². The van der Waals surface area contributed by atoms with Crippen molar-refractivity contribution in [2.75, 3.05) is 0 Å². The van der Waals surface area contributed by atoms with Gasteiger partial charge in [0.2, 0.25) is 10.0 Å². The van der Waals surface area contributed by atoms with E-state index in [9.17, 15) is 8.42 Å². The van der Waals surface area contributed by atoms with E-state index in [2.05, 4.69) is 9.71 Å². The lowest BCUT2D eigenvalue weighted by atomic mass is 9.84. The molecular formula is C19H24N2O2S. The highest BCUT2D eigenvalue weighted by Gasteiger charge is 2.42. The predicted octanol–water partition coefficient (Wildman–Crippen LogP) is 3.65. The van der Waals surface area contributed by atoms with Crippen molar-refractivity contribution in [3.05, 3.63) is 36.0 Å². The normalized spacial score (nSPS) is 27.7. The number of rotatable bonds is 4.